The largest absolute Gasteiger partial charge is 0.383 e. The Morgan fingerprint density at radius 1 is 1.21 bits per heavy atom. The van der Waals surface area contributed by atoms with Gasteiger partial charge >= 0.3 is 0 Å². The quantitative estimate of drug-likeness (QED) is 0.425. The number of thioether (sulfide) groups is 1. The highest BCUT2D eigenvalue weighted by molar-refractivity contribution is 7.99. The second kappa shape index (κ2) is 9.15. The van der Waals surface area contributed by atoms with E-state index in [1.165, 1.54) is 18.7 Å². The number of nitrogens with one attached hydrogen (secondary N) is 1. The first-order valence-corrected chi connectivity index (χ1v) is 10.1. The minimum atomic E-state index is -0.0881. The van der Waals surface area contributed by atoms with Gasteiger partial charge in [-0.05, 0) is 38.5 Å². The lowest BCUT2D eigenvalue weighted by atomic mass is 10.1. The number of aryl methyl sites for hydroxylation is 1. The Kier molecular flexibility index (Phi) is 6.60. The second-order valence-electron chi connectivity index (χ2n) is 6.58. The maximum atomic E-state index is 12.8. The molecule has 9 heteroatoms. The van der Waals surface area contributed by atoms with Crippen molar-refractivity contribution in [2.45, 2.75) is 32.5 Å². The summed E-state index contributed by atoms with van der Waals surface area (Å²) in [6.07, 6.45) is 3.40. The van der Waals surface area contributed by atoms with Gasteiger partial charge in [-0.1, -0.05) is 11.8 Å². The van der Waals surface area contributed by atoms with Gasteiger partial charge in [-0.15, -0.1) is 10.2 Å². The Hall–Kier alpha value is -2.78. The number of hydrogen-bond donors (Lipinski definition) is 1. The predicted octanol–water partition coefficient (Wildman–Crippen LogP) is 3.11. The molecule has 3 rings (SSSR count). The summed E-state index contributed by atoms with van der Waals surface area (Å²) in [5, 5.41) is 9.20. The van der Waals surface area contributed by atoms with Gasteiger partial charge in [0.05, 0.1) is 24.6 Å². The molecule has 3 heterocycles. The van der Waals surface area contributed by atoms with Crippen molar-refractivity contribution >= 4 is 23.3 Å². The molecular formula is C20H23N5O3S. The molecule has 0 aromatic carbocycles. The molecule has 29 heavy (non-hydrogen) atoms. The molecule has 8 nitrogen and oxygen atoms in total. The summed E-state index contributed by atoms with van der Waals surface area (Å²) in [6.45, 7) is 6.16. The molecule has 0 spiro atoms. The summed E-state index contributed by atoms with van der Waals surface area (Å²) in [5.41, 5.74) is 3.35. The SMILES string of the molecule is COCCn1c(SCC(=O)c2[nH]c(C)c(C(C)=O)c2C)nnc1-c1ccncc1. The highest BCUT2D eigenvalue weighted by Crippen LogP contribution is 2.25. The predicted molar refractivity (Wildman–Crippen MR) is 110 cm³/mol. The van der Waals surface area contributed by atoms with Gasteiger partial charge in [0.15, 0.2) is 22.5 Å². The normalized spacial score (nSPS) is 11.0. The standard InChI is InChI=1S/C20H23N5O3S/c1-12-17(14(3)26)13(2)22-18(12)16(27)11-29-20-24-23-19(25(20)9-10-28-4)15-5-7-21-8-6-15/h5-8,22H,9-11H2,1-4H3. The molecular weight excluding hydrogens is 390 g/mol. The number of ether oxygens (including phenoxy) is 1. The van der Waals surface area contributed by atoms with Crippen LogP contribution < -0.4 is 0 Å². The van der Waals surface area contributed by atoms with Crippen molar-refractivity contribution in [3.63, 3.8) is 0 Å². The van der Waals surface area contributed by atoms with Crippen LogP contribution in [0.3, 0.4) is 0 Å². The minimum Gasteiger partial charge on any atom is -0.383 e. The number of nitrogens with zero attached hydrogens (tertiary/aromatic N) is 4. The van der Waals surface area contributed by atoms with E-state index in [9.17, 15) is 9.59 Å². The summed E-state index contributed by atoms with van der Waals surface area (Å²) in [4.78, 5) is 31.7. The topological polar surface area (TPSA) is 103 Å². The fraction of sp³-hybridized carbons (Fsp3) is 0.350. The molecule has 0 fully saturated rings. The first kappa shape index (κ1) is 20.9. The summed E-state index contributed by atoms with van der Waals surface area (Å²) in [5.74, 6) is 0.740. The molecule has 0 bridgehead atoms. The number of H-pyrrole nitrogens is 1. The number of hydrogen-bond acceptors (Lipinski definition) is 7. The summed E-state index contributed by atoms with van der Waals surface area (Å²) >= 11 is 1.31. The van der Waals surface area contributed by atoms with E-state index < -0.39 is 0 Å². The fourth-order valence-electron chi connectivity index (χ4n) is 3.25. The number of pyridine rings is 1. The van der Waals surface area contributed by atoms with Gasteiger partial charge in [0.25, 0.3) is 0 Å². The third kappa shape index (κ3) is 4.46. The van der Waals surface area contributed by atoms with Crippen molar-refractivity contribution in [2.24, 2.45) is 0 Å². The van der Waals surface area contributed by atoms with E-state index in [0.717, 1.165) is 5.56 Å². The van der Waals surface area contributed by atoms with E-state index in [4.69, 9.17) is 4.74 Å². The highest BCUT2D eigenvalue weighted by atomic mass is 32.2. The zero-order chi connectivity index (χ0) is 21.0. The summed E-state index contributed by atoms with van der Waals surface area (Å²) < 4.78 is 7.14. The van der Waals surface area contributed by atoms with E-state index in [1.807, 2.05) is 16.7 Å². The Labute approximate surface area is 173 Å². The molecule has 152 valence electrons. The maximum absolute atomic E-state index is 12.8. The molecule has 0 aliphatic carbocycles. The van der Waals surface area contributed by atoms with E-state index in [1.54, 1.807) is 33.4 Å². The molecule has 0 aliphatic rings. The summed E-state index contributed by atoms with van der Waals surface area (Å²) in [6, 6.07) is 3.72. The van der Waals surface area contributed by atoms with Crippen molar-refractivity contribution in [3.8, 4) is 11.4 Å². The number of carbonyl (C=O) groups excluding carboxylic acids is 2. The van der Waals surface area contributed by atoms with E-state index in [-0.39, 0.29) is 17.3 Å². The monoisotopic (exact) mass is 413 g/mol. The molecule has 0 atom stereocenters. The van der Waals surface area contributed by atoms with Gasteiger partial charge < -0.3 is 9.72 Å². The van der Waals surface area contributed by atoms with E-state index in [2.05, 4.69) is 20.2 Å². The highest BCUT2D eigenvalue weighted by Gasteiger charge is 2.21. The molecule has 1 N–H and O–H groups in total. The molecule has 3 aromatic rings. The van der Waals surface area contributed by atoms with Gasteiger partial charge in [-0.2, -0.15) is 0 Å². The smallest absolute Gasteiger partial charge is 0.192 e. The lowest BCUT2D eigenvalue weighted by molar-refractivity contribution is 0.101. The number of aromatic amines is 1. The Balaban J connectivity index is 1.82. The number of methoxy groups -OCH3 is 1. The summed E-state index contributed by atoms with van der Waals surface area (Å²) in [7, 11) is 1.63. The number of Topliss-reactive ketones (excluding diaryl/α,β-unsaturated/α-hetero) is 2. The molecule has 0 amide bonds. The van der Waals surface area contributed by atoms with Crippen LogP contribution in [0.15, 0.2) is 29.7 Å². The lowest BCUT2D eigenvalue weighted by Crippen LogP contribution is -2.10. The van der Waals surface area contributed by atoms with Crippen LogP contribution in [0.1, 0.15) is 39.0 Å². The first-order chi connectivity index (χ1) is 13.9. The Morgan fingerprint density at radius 3 is 2.55 bits per heavy atom. The molecule has 0 saturated carbocycles. The number of ketones is 2. The third-order valence-electron chi connectivity index (χ3n) is 4.58. The number of carbonyl (C=O) groups is 2. The van der Waals surface area contributed by atoms with E-state index in [0.29, 0.717) is 46.6 Å². The third-order valence-corrected chi connectivity index (χ3v) is 5.54. The van der Waals surface area contributed by atoms with Crippen molar-refractivity contribution in [1.82, 2.24) is 24.7 Å². The van der Waals surface area contributed by atoms with Crippen molar-refractivity contribution in [2.75, 3.05) is 19.5 Å². The maximum Gasteiger partial charge on any atom is 0.192 e. The van der Waals surface area contributed by atoms with Crippen LogP contribution >= 0.6 is 11.8 Å². The number of rotatable bonds is 9. The molecule has 0 saturated heterocycles. The van der Waals surface area contributed by atoms with Crippen LogP contribution in [-0.2, 0) is 11.3 Å². The van der Waals surface area contributed by atoms with Crippen LogP contribution in [0.2, 0.25) is 0 Å². The zero-order valence-corrected chi connectivity index (χ0v) is 17.7. The zero-order valence-electron chi connectivity index (χ0n) is 16.9. The molecule has 0 aliphatic heterocycles. The van der Waals surface area contributed by atoms with Crippen LogP contribution in [-0.4, -0.2) is 55.8 Å². The van der Waals surface area contributed by atoms with Crippen molar-refractivity contribution in [3.05, 3.63) is 47.0 Å². The average molecular weight is 414 g/mol. The van der Waals surface area contributed by atoms with Gasteiger partial charge in [-0.3, -0.25) is 19.1 Å². The van der Waals surface area contributed by atoms with Gasteiger partial charge in [0, 0.05) is 36.3 Å². The van der Waals surface area contributed by atoms with Crippen LogP contribution in [0.5, 0.6) is 0 Å². The van der Waals surface area contributed by atoms with Crippen molar-refractivity contribution < 1.29 is 14.3 Å². The number of aromatic nitrogens is 5. The average Bonchev–Trinajstić information content (AvgIpc) is 3.25. The van der Waals surface area contributed by atoms with Gasteiger partial charge in [-0.25, -0.2) is 0 Å². The molecule has 0 radical (unpaired) electrons. The fourth-order valence-corrected chi connectivity index (χ4v) is 4.09. The first-order valence-electron chi connectivity index (χ1n) is 9.12. The van der Waals surface area contributed by atoms with E-state index >= 15 is 0 Å². The van der Waals surface area contributed by atoms with Crippen LogP contribution in [0, 0.1) is 13.8 Å². The minimum absolute atomic E-state index is 0.0516. The van der Waals surface area contributed by atoms with Crippen LogP contribution in [0.25, 0.3) is 11.4 Å². The lowest BCUT2D eigenvalue weighted by Gasteiger charge is -2.09. The van der Waals surface area contributed by atoms with Crippen molar-refractivity contribution in [1.29, 1.82) is 0 Å². The Bertz CT molecular complexity index is 1030. The van der Waals surface area contributed by atoms with Crippen LogP contribution in [0.4, 0.5) is 0 Å². The molecule has 0 unspecified atom stereocenters. The van der Waals surface area contributed by atoms with Gasteiger partial charge in [0.2, 0.25) is 0 Å². The Morgan fingerprint density at radius 2 is 1.93 bits per heavy atom. The second-order valence-corrected chi connectivity index (χ2v) is 7.52. The van der Waals surface area contributed by atoms with Gasteiger partial charge in [0.1, 0.15) is 0 Å². The molecule has 3 aromatic heterocycles.